The largest absolute Gasteiger partial charge is 0.383 e. The lowest BCUT2D eigenvalue weighted by atomic mass is 10.3. The molecule has 0 heterocycles. The molecule has 0 aliphatic heterocycles. The number of rotatable bonds is 8. The number of amides is 1. The summed E-state index contributed by atoms with van der Waals surface area (Å²) >= 11 is 0. The van der Waals surface area contributed by atoms with E-state index in [1.165, 1.54) is 14.0 Å². The van der Waals surface area contributed by atoms with Crippen molar-refractivity contribution >= 4 is 15.9 Å². The molecule has 0 bridgehead atoms. The quantitative estimate of drug-likeness (QED) is 0.574. The first-order valence-electron chi connectivity index (χ1n) is 5.56. The Kier molecular flexibility index (Phi) is 7.50. The van der Waals surface area contributed by atoms with Crippen molar-refractivity contribution in [2.75, 3.05) is 20.3 Å². The average Bonchev–Trinajstić information content (AvgIpc) is 2.29. The van der Waals surface area contributed by atoms with Crippen LogP contribution in [0.4, 0.5) is 0 Å². The van der Waals surface area contributed by atoms with E-state index in [1.54, 1.807) is 13.0 Å². The van der Waals surface area contributed by atoms with Crippen molar-refractivity contribution in [2.45, 2.75) is 31.6 Å². The van der Waals surface area contributed by atoms with Gasteiger partial charge in [-0.15, -0.1) is 0 Å². The molecular weight excluding hydrogens is 258 g/mol. The zero-order valence-corrected chi connectivity index (χ0v) is 11.6. The standard InChI is InChI=1S/C10H19N3O4S/c1-4-9(7-11)18(15,16)13-8(2)10(14)12-5-6-17-3/h8-9,13H,4-6H2,1-3H3,(H,12,14). The minimum Gasteiger partial charge on any atom is -0.383 e. The van der Waals surface area contributed by atoms with E-state index in [0.717, 1.165) is 0 Å². The molecule has 0 saturated carbocycles. The van der Waals surface area contributed by atoms with Gasteiger partial charge in [0.1, 0.15) is 0 Å². The van der Waals surface area contributed by atoms with Gasteiger partial charge in [0.15, 0.2) is 5.25 Å². The topological polar surface area (TPSA) is 108 Å². The fourth-order valence-electron chi connectivity index (χ4n) is 1.19. The molecule has 104 valence electrons. The van der Waals surface area contributed by atoms with Crippen LogP contribution in [0.1, 0.15) is 20.3 Å². The summed E-state index contributed by atoms with van der Waals surface area (Å²) in [6.07, 6.45) is 0.170. The number of carbonyl (C=O) groups excluding carboxylic acids is 1. The summed E-state index contributed by atoms with van der Waals surface area (Å²) in [5.41, 5.74) is 0. The van der Waals surface area contributed by atoms with Gasteiger partial charge in [0.2, 0.25) is 15.9 Å². The molecule has 0 rings (SSSR count). The third-order valence-corrected chi connectivity index (χ3v) is 4.10. The van der Waals surface area contributed by atoms with Crippen LogP contribution in [0, 0.1) is 11.3 Å². The summed E-state index contributed by atoms with van der Waals surface area (Å²) in [6, 6.07) is 0.764. The molecule has 0 aromatic carbocycles. The van der Waals surface area contributed by atoms with Crippen LogP contribution in [-0.2, 0) is 19.6 Å². The fourth-order valence-corrected chi connectivity index (χ4v) is 2.53. The molecule has 0 fully saturated rings. The molecule has 8 heteroatoms. The summed E-state index contributed by atoms with van der Waals surface area (Å²) in [6.45, 7) is 3.66. The van der Waals surface area contributed by atoms with E-state index >= 15 is 0 Å². The molecule has 0 aromatic heterocycles. The number of carbonyl (C=O) groups is 1. The number of hydrogen-bond acceptors (Lipinski definition) is 5. The van der Waals surface area contributed by atoms with Gasteiger partial charge in [-0.05, 0) is 13.3 Å². The maximum absolute atomic E-state index is 11.7. The van der Waals surface area contributed by atoms with E-state index in [0.29, 0.717) is 13.2 Å². The highest BCUT2D eigenvalue weighted by Gasteiger charge is 2.27. The smallest absolute Gasteiger partial charge is 0.237 e. The van der Waals surface area contributed by atoms with Crippen molar-refractivity contribution in [3.63, 3.8) is 0 Å². The van der Waals surface area contributed by atoms with Crippen LogP contribution in [0.5, 0.6) is 0 Å². The summed E-state index contributed by atoms with van der Waals surface area (Å²) < 4.78 is 30.3. The lowest BCUT2D eigenvalue weighted by Gasteiger charge is -2.16. The third kappa shape index (κ3) is 5.44. The van der Waals surface area contributed by atoms with Crippen LogP contribution in [0.15, 0.2) is 0 Å². The highest BCUT2D eigenvalue weighted by molar-refractivity contribution is 7.90. The van der Waals surface area contributed by atoms with Gasteiger partial charge in [0.25, 0.3) is 0 Å². The second-order valence-electron chi connectivity index (χ2n) is 3.69. The molecule has 0 spiro atoms. The zero-order chi connectivity index (χ0) is 14.2. The second-order valence-corrected chi connectivity index (χ2v) is 5.59. The summed E-state index contributed by atoms with van der Waals surface area (Å²) in [5.74, 6) is -0.455. The van der Waals surface area contributed by atoms with Gasteiger partial charge < -0.3 is 10.1 Å². The molecule has 2 atom stereocenters. The maximum atomic E-state index is 11.7. The Morgan fingerprint density at radius 1 is 1.50 bits per heavy atom. The number of ether oxygens (including phenoxy) is 1. The number of nitriles is 1. The molecule has 0 aliphatic rings. The van der Waals surface area contributed by atoms with E-state index in [1.807, 2.05) is 0 Å². The lowest BCUT2D eigenvalue weighted by molar-refractivity contribution is -0.122. The Bertz CT molecular complexity index is 402. The van der Waals surface area contributed by atoms with Gasteiger partial charge in [-0.2, -0.15) is 5.26 Å². The van der Waals surface area contributed by atoms with Crippen molar-refractivity contribution in [3.05, 3.63) is 0 Å². The summed E-state index contributed by atoms with van der Waals surface area (Å²) in [4.78, 5) is 11.5. The Labute approximate surface area is 108 Å². The van der Waals surface area contributed by atoms with Gasteiger partial charge in [-0.1, -0.05) is 6.92 Å². The Balaban J connectivity index is 4.43. The molecule has 18 heavy (non-hydrogen) atoms. The van der Waals surface area contributed by atoms with Gasteiger partial charge in [0.05, 0.1) is 18.7 Å². The monoisotopic (exact) mass is 277 g/mol. The van der Waals surface area contributed by atoms with Crippen LogP contribution in [0.3, 0.4) is 0 Å². The molecule has 7 nitrogen and oxygen atoms in total. The fraction of sp³-hybridized carbons (Fsp3) is 0.800. The molecule has 2 N–H and O–H groups in total. The van der Waals surface area contributed by atoms with E-state index in [4.69, 9.17) is 10.00 Å². The van der Waals surface area contributed by atoms with Crippen LogP contribution < -0.4 is 10.0 Å². The van der Waals surface area contributed by atoms with Gasteiger partial charge in [0, 0.05) is 13.7 Å². The first-order chi connectivity index (χ1) is 8.38. The third-order valence-electron chi connectivity index (χ3n) is 2.23. The highest BCUT2D eigenvalue weighted by atomic mass is 32.2. The minimum absolute atomic E-state index is 0.170. The molecule has 1 amide bonds. The van der Waals surface area contributed by atoms with E-state index in [9.17, 15) is 13.2 Å². The van der Waals surface area contributed by atoms with Gasteiger partial charge in [-0.3, -0.25) is 4.79 Å². The Morgan fingerprint density at radius 2 is 2.11 bits per heavy atom. The first kappa shape index (κ1) is 16.8. The lowest BCUT2D eigenvalue weighted by Crippen LogP contribution is -2.47. The van der Waals surface area contributed by atoms with Gasteiger partial charge in [-0.25, -0.2) is 13.1 Å². The number of nitrogens with one attached hydrogen (secondary N) is 2. The van der Waals surface area contributed by atoms with E-state index in [-0.39, 0.29) is 6.42 Å². The first-order valence-corrected chi connectivity index (χ1v) is 7.11. The predicted octanol–water partition coefficient (Wildman–Crippen LogP) is -0.641. The van der Waals surface area contributed by atoms with Crippen molar-refractivity contribution in [3.8, 4) is 6.07 Å². The molecule has 0 radical (unpaired) electrons. The average molecular weight is 277 g/mol. The number of sulfonamides is 1. The van der Waals surface area contributed by atoms with E-state index in [2.05, 4.69) is 10.0 Å². The Morgan fingerprint density at radius 3 is 2.56 bits per heavy atom. The SMILES string of the molecule is CCC(C#N)S(=O)(=O)NC(C)C(=O)NCCOC. The normalized spacial score (nSPS) is 14.6. The maximum Gasteiger partial charge on any atom is 0.237 e. The van der Waals surface area contributed by atoms with Crippen LogP contribution in [-0.4, -0.2) is 45.9 Å². The van der Waals surface area contributed by atoms with Crippen molar-refractivity contribution in [1.29, 1.82) is 5.26 Å². The molecular formula is C10H19N3O4S. The van der Waals surface area contributed by atoms with Crippen LogP contribution >= 0.6 is 0 Å². The van der Waals surface area contributed by atoms with Crippen LogP contribution in [0.25, 0.3) is 0 Å². The van der Waals surface area contributed by atoms with Gasteiger partial charge >= 0.3 is 0 Å². The number of hydrogen-bond donors (Lipinski definition) is 2. The van der Waals surface area contributed by atoms with Crippen molar-refractivity contribution < 1.29 is 17.9 Å². The van der Waals surface area contributed by atoms with Crippen molar-refractivity contribution in [1.82, 2.24) is 10.0 Å². The molecule has 0 saturated heterocycles. The molecule has 0 aliphatic carbocycles. The zero-order valence-electron chi connectivity index (χ0n) is 10.8. The van der Waals surface area contributed by atoms with Crippen LogP contribution in [0.2, 0.25) is 0 Å². The number of nitrogens with zero attached hydrogens (tertiary/aromatic N) is 1. The second kappa shape index (κ2) is 8.02. The van der Waals surface area contributed by atoms with Crippen molar-refractivity contribution in [2.24, 2.45) is 0 Å². The summed E-state index contributed by atoms with van der Waals surface area (Å²) in [7, 11) is -2.30. The minimum atomic E-state index is -3.80. The Hall–Kier alpha value is -1.17. The highest BCUT2D eigenvalue weighted by Crippen LogP contribution is 2.03. The summed E-state index contributed by atoms with van der Waals surface area (Å²) in [5, 5.41) is 10.1. The predicted molar refractivity (Wildman–Crippen MR) is 66.1 cm³/mol. The number of methoxy groups -OCH3 is 1. The van der Waals surface area contributed by atoms with E-state index < -0.39 is 27.2 Å². The molecule has 0 aromatic rings. The molecule has 2 unspecified atom stereocenters.